The van der Waals surface area contributed by atoms with Gasteiger partial charge in [-0.15, -0.1) is 0 Å². The van der Waals surface area contributed by atoms with Gasteiger partial charge in [0.2, 0.25) is 5.91 Å². The van der Waals surface area contributed by atoms with E-state index in [0.29, 0.717) is 17.9 Å². The number of carbonyl (C=O) groups excluding carboxylic acids is 1. The Morgan fingerprint density at radius 2 is 1.48 bits per heavy atom. The summed E-state index contributed by atoms with van der Waals surface area (Å²) in [7, 11) is -3.08. The minimum atomic E-state index is -3.08. The van der Waals surface area contributed by atoms with Crippen molar-refractivity contribution in [2.24, 2.45) is 23.7 Å². The summed E-state index contributed by atoms with van der Waals surface area (Å²) in [6.07, 6.45) is 10.3. The van der Waals surface area contributed by atoms with Gasteiger partial charge in [-0.1, -0.05) is 12.8 Å². The van der Waals surface area contributed by atoms with E-state index in [0.717, 1.165) is 37.5 Å². The Morgan fingerprint density at radius 3 is 2.04 bits per heavy atom. The first-order valence-corrected chi connectivity index (χ1v) is 11.2. The van der Waals surface area contributed by atoms with Crippen LogP contribution in [-0.4, -0.2) is 31.4 Å². The molecule has 5 fully saturated rings. The third-order valence-electron chi connectivity index (χ3n) is 6.98. The quantitative estimate of drug-likeness (QED) is 0.837. The van der Waals surface area contributed by atoms with Crippen LogP contribution in [0.25, 0.3) is 0 Å². The summed E-state index contributed by atoms with van der Waals surface area (Å²) in [6.45, 7) is 0. The van der Waals surface area contributed by atoms with Gasteiger partial charge >= 0.3 is 0 Å². The number of nitrogens with one attached hydrogen (secondary N) is 1. The van der Waals surface area contributed by atoms with Crippen LogP contribution in [0.4, 0.5) is 0 Å². The van der Waals surface area contributed by atoms with Gasteiger partial charge in [0.05, 0.1) is 11.0 Å². The molecule has 5 heteroatoms. The van der Waals surface area contributed by atoms with Gasteiger partial charge in [0.15, 0.2) is 9.84 Å². The fraction of sp³-hybridized carbons (Fsp3) is 0.944. The first-order chi connectivity index (χ1) is 11.0. The molecule has 0 unspecified atom stereocenters. The lowest BCUT2D eigenvalue weighted by Gasteiger charge is -2.54. The molecule has 1 N–H and O–H groups in total. The van der Waals surface area contributed by atoms with Crippen molar-refractivity contribution in [2.45, 2.75) is 75.5 Å². The zero-order valence-corrected chi connectivity index (χ0v) is 14.7. The number of sulfone groups is 1. The second-order valence-corrected chi connectivity index (χ2v) is 10.9. The van der Waals surface area contributed by atoms with Crippen molar-refractivity contribution < 1.29 is 13.2 Å². The maximum atomic E-state index is 12.3. The number of rotatable bonds is 5. The zero-order valence-electron chi connectivity index (χ0n) is 13.9. The lowest BCUT2D eigenvalue weighted by atomic mass is 9.54. The predicted octanol–water partition coefficient (Wildman–Crippen LogP) is 2.67. The molecule has 0 heterocycles. The first-order valence-electron chi connectivity index (χ1n) is 9.52. The van der Waals surface area contributed by atoms with Crippen LogP contribution < -0.4 is 5.32 Å². The molecule has 0 aromatic rings. The SMILES string of the molecule is O=C(CCS(=O)(=O)C1CCCC1)NC1C2CC3CC(C2)CC1C3. The summed E-state index contributed by atoms with van der Waals surface area (Å²) in [5, 5.41) is 3.04. The average molecular weight is 340 g/mol. The van der Waals surface area contributed by atoms with Gasteiger partial charge in [0, 0.05) is 12.5 Å². The van der Waals surface area contributed by atoms with Crippen molar-refractivity contribution in [1.29, 1.82) is 0 Å². The Labute approximate surface area is 139 Å². The second kappa shape index (κ2) is 6.05. The van der Waals surface area contributed by atoms with E-state index >= 15 is 0 Å². The van der Waals surface area contributed by atoms with Crippen LogP contribution in [0.3, 0.4) is 0 Å². The molecule has 0 radical (unpaired) electrons. The highest BCUT2D eigenvalue weighted by molar-refractivity contribution is 7.92. The van der Waals surface area contributed by atoms with Crippen LogP contribution >= 0.6 is 0 Å². The highest BCUT2D eigenvalue weighted by Crippen LogP contribution is 2.53. The average Bonchev–Trinajstić information content (AvgIpc) is 3.03. The van der Waals surface area contributed by atoms with Crippen LogP contribution in [-0.2, 0) is 14.6 Å². The minimum Gasteiger partial charge on any atom is -0.353 e. The molecule has 5 saturated carbocycles. The third-order valence-corrected chi connectivity index (χ3v) is 9.24. The molecule has 5 rings (SSSR count). The lowest BCUT2D eigenvalue weighted by Crippen LogP contribution is -2.56. The molecule has 4 bridgehead atoms. The molecule has 5 aliphatic rings. The molecular formula is C18H29NO3S. The molecule has 0 aromatic heterocycles. The first kappa shape index (κ1) is 15.9. The second-order valence-electron chi connectivity index (χ2n) is 8.55. The maximum absolute atomic E-state index is 12.3. The summed E-state index contributed by atoms with van der Waals surface area (Å²) in [5.41, 5.74) is 0. The van der Waals surface area contributed by atoms with E-state index in [9.17, 15) is 13.2 Å². The Hall–Kier alpha value is -0.580. The Morgan fingerprint density at radius 1 is 0.913 bits per heavy atom. The number of amides is 1. The van der Waals surface area contributed by atoms with E-state index in [-0.39, 0.29) is 23.3 Å². The van der Waals surface area contributed by atoms with Crippen LogP contribution in [0.1, 0.15) is 64.2 Å². The molecule has 0 atom stereocenters. The van der Waals surface area contributed by atoms with E-state index < -0.39 is 9.84 Å². The highest BCUT2D eigenvalue weighted by atomic mass is 32.2. The number of carbonyl (C=O) groups is 1. The van der Waals surface area contributed by atoms with Crippen molar-refractivity contribution >= 4 is 15.7 Å². The summed E-state index contributed by atoms with van der Waals surface area (Å²) >= 11 is 0. The standard InChI is InChI=1S/C18H29NO3S/c20-17(5-6-23(21,22)16-3-1-2-4-16)19-18-14-8-12-7-13(10-14)11-15(18)9-12/h12-16,18H,1-11H2,(H,19,20). The Bertz CT molecular complexity index is 537. The van der Waals surface area contributed by atoms with Crippen molar-refractivity contribution in [1.82, 2.24) is 5.32 Å². The molecule has 130 valence electrons. The van der Waals surface area contributed by atoms with Crippen molar-refractivity contribution in [3.63, 3.8) is 0 Å². The van der Waals surface area contributed by atoms with Gasteiger partial charge in [0.1, 0.15) is 0 Å². The van der Waals surface area contributed by atoms with Crippen LogP contribution in [0, 0.1) is 23.7 Å². The number of hydrogen-bond donors (Lipinski definition) is 1. The zero-order chi connectivity index (χ0) is 16.0. The summed E-state index contributed by atoms with van der Waals surface area (Å²) in [5.74, 6) is 3.10. The topological polar surface area (TPSA) is 63.2 Å². The molecular weight excluding hydrogens is 310 g/mol. The Balaban J connectivity index is 1.30. The van der Waals surface area contributed by atoms with Crippen molar-refractivity contribution in [3.8, 4) is 0 Å². The van der Waals surface area contributed by atoms with Crippen LogP contribution in [0.2, 0.25) is 0 Å². The van der Waals surface area contributed by atoms with Gasteiger partial charge in [-0.05, 0) is 68.6 Å². The monoisotopic (exact) mass is 339 g/mol. The molecule has 0 aromatic carbocycles. The fourth-order valence-electron chi connectivity index (χ4n) is 6.07. The fourth-order valence-corrected chi connectivity index (χ4v) is 7.92. The Kier molecular flexibility index (Phi) is 4.19. The molecule has 23 heavy (non-hydrogen) atoms. The molecule has 0 aliphatic heterocycles. The van der Waals surface area contributed by atoms with Gasteiger partial charge in [-0.2, -0.15) is 0 Å². The normalized spacial score (nSPS) is 39.7. The van der Waals surface area contributed by atoms with Crippen molar-refractivity contribution in [2.75, 3.05) is 5.75 Å². The minimum absolute atomic E-state index is 0.0379. The van der Waals surface area contributed by atoms with Gasteiger partial charge in [-0.25, -0.2) is 8.42 Å². The molecule has 0 spiro atoms. The number of hydrogen-bond acceptors (Lipinski definition) is 3. The van der Waals surface area contributed by atoms with Crippen molar-refractivity contribution in [3.05, 3.63) is 0 Å². The molecule has 5 aliphatic carbocycles. The van der Waals surface area contributed by atoms with Gasteiger partial charge < -0.3 is 5.32 Å². The van der Waals surface area contributed by atoms with Crippen LogP contribution in [0.5, 0.6) is 0 Å². The summed E-state index contributed by atoms with van der Waals surface area (Å²) in [6, 6.07) is 0.324. The van der Waals surface area contributed by atoms with E-state index in [1.54, 1.807) is 0 Å². The van der Waals surface area contributed by atoms with E-state index in [1.807, 2.05) is 0 Å². The molecule has 0 saturated heterocycles. The molecule has 4 nitrogen and oxygen atoms in total. The predicted molar refractivity (Wildman–Crippen MR) is 89.6 cm³/mol. The third kappa shape index (κ3) is 3.18. The smallest absolute Gasteiger partial charge is 0.221 e. The highest BCUT2D eigenvalue weighted by Gasteiger charge is 2.48. The summed E-state index contributed by atoms with van der Waals surface area (Å²) in [4.78, 5) is 12.3. The molecule has 1 amide bonds. The van der Waals surface area contributed by atoms with E-state index in [1.165, 1.54) is 32.1 Å². The van der Waals surface area contributed by atoms with E-state index in [4.69, 9.17) is 0 Å². The van der Waals surface area contributed by atoms with Gasteiger partial charge in [-0.3, -0.25) is 4.79 Å². The lowest BCUT2D eigenvalue weighted by molar-refractivity contribution is -0.124. The summed E-state index contributed by atoms with van der Waals surface area (Å²) < 4.78 is 24.6. The maximum Gasteiger partial charge on any atom is 0.221 e. The van der Waals surface area contributed by atoms with Gasteiger partial charge in [0.25, 0.3) is 0 Å². The largest absolute Gasteiger partial charge is 0.353 e. The van der Waals surface area contributed by atoms with E-state index in [2.05, 4.69) is 5.32 Å². The van der Waals surface area contributed by atoms with Crippen LogP contribution in [0.15, 0.2) is 0 Å².